The maximum absolute atomic E-state index is 12.7. The van der Waals surface area contributed by atoms with E-state index in [-0.39, 0.29) is 11.5 Å². The first-order valence-corrected chi connectivity index (χ1v) is 9.90. The van der Waals surface area contributed by atoms with Gasteiger partial charge in [0.05, 0.1) is 9.95 Å². The average Bonchev–Trinajstić information content (AvgIpc) is 2.79. The molecule has 0 saturated carbocycles. The molecule has 4 rings (SSSR count). The van der Waals surface area contributed by atoms with Gasteiger partial charge in [0.25, 0.3) is 5.69 Å². The Morgan fingerprint density at radius 3 is 2.27 bits per heavy atom. The lowest BCUT2D eigenvalue weighted by Crippen LogP contribution is -2.47. The monoisotopic (exact) mass is 422 g/mol. The fourth-order valence-electron chi connectivity index (χ4n) is 3.57. The smallest absolute Gasteiger partial charge is 0.293 e. The van der Waals surface area contributed by atoms with Gasteiger partial charge in [-0.25, -0.2) is 4.98 Å². The molecule has 1 aliphatic heterocycles. The molecule has 1 aromatic heterocycles. The molecule has 1 aliphatic rings. The van der Waals surface area contributed by atoms with Gasteiger partial charge >= 0.3 is 0 Å². The standard InChI is InChI=1S/C22H19ClN4O3/c23-18-7-9-21(24-15-18)26-12-10-25(11-13-26)19-8-6-17(14-20(19)27(29)30)22(28)16-4-2-1-3-5-16/h1-9,14-15H,10-13H2. The Morgan fingerprint density at radius 1 is 0.933 bits per heavy atom. The Bertz CT molecular complexity index is 1070. The summed E-state index contributed by atoms with van der Waals surface area (Å²) >= 11 is 5.90. The first-order valence-electron chi connectivity index (χ1n) is 9.52. The summed E-state index contributed by atoms with van der Waals surface area (Å²) in [7, 11) is 0. The normalized spacial score (nSPS) is 13.9. The van der Waals surface area contributed by atoms with Crippen molar-refractivity contribution in [2.45, 2.75) is 0 Å². The number of hydrogen-bond donors (Lipinski definition) is 0. The molecule has 0 N–H and O–H groups in total. The van der Waals surface area contributed by atoms with Crippen molar-refractivity contribution in [2.24, 2.45) is 0 Å². The Morgan fingerprint density at radius 2 is 1.63 bits per heavy atom. The van der Waals surface area contributed by atoms with Crippen molar-refractivity contribution in [1.29, 1.82) is 0 Å². The van der Waals surface area contributed by atoms with Crippen molar-refractivity contribution in [3.63, 3.8) is 0 Å². The summed E-state index contributed by atoms with van der Waals surface area (Å²) in [5, 5.41) is 12.3. The number of rotatable bonds is 5. The molecule has 0 spiro atoms. The minimum Gasteiger partial charge on any atom is -0.362 e. The highest BCUT2D eigenvalue weighted by molar-refractivity contribution is 6.30. The average molecular weight is 423 g/mol. The number of nitro groups is 1. The number of carbonyl (C=O) groups is 1. The molecular formula is C22H19ClN4O3. The number of benzene rings is 2. The van der Waals surface area contributed by atoms with Gasteiger partial charge < -0.3 is 9.80 Å². The van der Waals surface area contributed by atoms with E-state index in [0.717, 1.165) is 5.82 Å². The van der Waals surface area contributed by atoms with Crippen LogP contribution in [0.2, 0.25) is 5.02 Å². The van der Waals surface area contributed by atoms with Gasteiger partial charge in [0.15, 0.2) is 5.78 Å². The zero-order valence-corrected chi connectivity index (χ0v) is 16.8. The fraction of sp³-hybridized carbons (Fsp3) is 0.182. The van der Waals surface area contributed by atoms with Crippen LogP contribution in [-0.2, 0) is 0 Å². The number of piperazine rings is 1. The fourth-order valence-corrected chi connectivity index (χ4v) is 3.68. The number of nitrogens with zero attached hydrogens (tertiary/aromatic N) is 4. The second kappa shape index (κ2) is 8.51. The highest BCUT2D eigenvalue weighted by atomic mass is 35.5. The summed E-state index contributed by atoms with van der Waals surface area (Å²) in [5.74, 6) is 0.598. The minimum absolute atomic E-state index is 0.0603. The van der Waals surface area contributed by atoms with Crippen LogP contribution in [0.4, 0.5) is 17.2 Å². The largest absolute Gasteiger partial charge is 0.362 e. The second-order valence-corrected chi connectivity index (χ2v) is 7.40. The zero-order chi connectivity index (χ0) is 21.1. The molecular weight excluding hydrogens is 404 g/mol. The Kier molecular flexibility index (Phi) is 5.63. The Labute approximate surface area is 178 Å². The van der Waals surface area contributed by atoms with E-state index in [9.17, 15) is 14.9 Å². The number of hydrogen-bond acceptors (Lipinski definition) is 6. The van der Waals surface area contributed by atoms with Gasteiger partial charge in [0.1, 0.15) is 11.5 Å². The van der Waals surface area contributed by atoms with E-state index in [2.05, 4.69) is 9.88 Å². The van der Waals surface area contributed by atoms with E-state index < -0.39 is 4.92 Å². The highest BCUT2D eigenvalue weighted by Gasteiger charge is 2.25. The maximum Gasteiger partial charge on any atom is 0.293 e. The van der Waals surface area contributed by atoms with Crippen molar-refractivity contribution in [1.82, 2.24) is 4.98 Å². The van der Waals surface area contributed by atoms with Gasteiger partial charge in [-0.15, -0.1) is 0 Å². The van der Waals surface area contributed by atoms with Crippen LogP contribution in [0, 0.1) is 10.1 Å². The third-order valence-electron chi connectivity index (χ3n) is 5.13. The van der Waals surface area contributed by atoms with Gasteiger partial charge in [-0.2, -0.15) is 0 Å². The second-order valence-electron chi connectivity index (χ2n) is 6.96. The molecule has 0 atom stereocenters. The molecule has 0 unspecified atom stereocenters. The first kappa shape index (κ1) is 19.8. The molecule has 30 heavy (non-hydrogen) atoms. The van der Waals surface area contributed by atoms with E-state index >= 15 is 0 Å². The molecule has 0 radical (unpaired) electrons. The topological polar surface area (TPSA) is 79.6 Å². The molecule has 1 saturated heterocycles. The minimum atomic E-state index is -0.426. The third-order valence-corrected chi connectivity index (χ3v) is 5.35. The highest BCUT2D eigenvalue weighted by Crippen LogP contribution is 2.31. The van der Waals surface area contributed by atoms with Crippen LogP contribution < -0.4 is 9.80 Å². The number of aromatic nitrogens is 1. The molecule has 2 aromatic carbocycles. The third kappa shape index (κ3) is 4.11. The number of pyridine rings is 1. The van der Waals surface area contributed by atoms with Gasteiger partial charge in [-0.3, -0.25) is 14.9 Å². The van der Waals surface area contributed by atoms with E-state index in [4.69, 9.17) is 11.6 Å². The van der Waals surface area contributed by atoms with Crippen molar-refractivity contribution >= 4 is 34.6 Å². The molecule has 3 aromatic rings. The van der Waals surface area contributed by atoms with Gasteiger partial charge in [0, 0.05) is 49.6 Å². The number of ketones is 1. The van der Waals surface area contributed by atoms with E-state index in [1.807, 2.05) is 17.0 Å². The lowest BCUT2D eigenvalue weighted by atomic mass is 10.0. The number of anilines is 2. The van der Waals surface area contributed by atoms with Crippen LogP contribution >= 0.6 is 11.6 Å². The molecule has 0 amide bonds. The lowest BCUT2D eigenvalue weighted by Gasteiger charge is -2.36. The van der Waals surface area contributed by atoms with E-state index in [0.29, 0.717) is 48.0 Å². The maximum atomic E-state index is 12.7. The molecule has 1 fully saturated rings. The van der Waals surface area contributed by atoms with Gasteiger partial charge in [0.2, 0.25) is 0 Å². The zero-order valence-electron chi connectivity index (χ0n) is 16.1. The molecule has 0 bridgehead atoms. The van der Waals surface area contributed by atoms with Crippen LogP contribution in [-0.4, -0.2) is 41.9 Å². The summed E-state index contributed by atoms with van der Waals surface area (Å²) in [6.45, 7) is 2.57. The number of nitro benzene ring substituents is 1. The van der Waals surface area contributed by atoms with E-state index in [1.54, 1.807) is 48.7 Å². The predicted molar refractivity (Wildman–Crippen MR) is 117 cm³/mol. The van der Waals surface area contributed by atoms with Crippen LogP contribution in [0.1, 0.15) is 15.9 Å². The summed E-state index contributed by atoms with van der Waals surface area (Å²) in [6, 6.07) is 17.1. The number of carbonyl (C=O) groups excluding carboxylic acids is 1. The lowest BCUT2D eigenvalue weighted by molar-refractivity contribution is -0.384. The van der Waals surface area contributed by atoms with Crippen LogP contribution in [0.15, 0.2) is 66.9 Å². The number of halogens is 1. The Balaban J connectivity index is 1.54. The quantitative estimate of drug-likeness (QED) is 0.348. The van der Waals surface area contributed by atoms with E-state index in [1.165, 1.54) is 6.07 Å². The molecule has 0 aliphatic carbocycles. The van der Waals surface area contributed by atoms with Crippen molar-refractivity contribution in [3.8, 4) is 0 Å². The summed E-state index contributed by atoms with van der Waals surface area (Å²) in [5.41, 5.74) is 1.27. The van der Waals surface area contributed by atoms with Gasteiger partial charge in [-0.05, 0) is 24.3 Å². The summed E-state index contributed by atoms with van der Waals surface area (Å²) in [4.78, 5) is 32.4. The molecule has 8 heteroatoms. The molecule has 152 valence electrons. The summed E-state index contributed by atoms with van der Waals surface area (Å²) < 4.78 is 0. The predicted octanol–water partition coefficient (Wildman–Crippen LogP) is 4.20. The first-order chi connectivity index (χ1) is 14.5. The summed E-state index contributed by atoms with van der Waals surface area (Å²) in [6.07, 6.45) is 1.61. The van der Waals surface area contributed by atoms with Crippen molar-refractivity contribution in [3.05, 3.63) is 93.1 Å². The van der Waals surface area contributed by atoms with Crippen LogP contribution in [0.3, 0.4) is 0 Å². The van der Waals surface area contributed by atoms with Crippen molar-refractivity contribution < 1.29 is 9.72 Å². The van der Waals surface area contributed by atoms with Crippen LogP contribution in [0.5, 0.6) is 0 Å². The van der Waals surface area contributed by atoms with Crippen molar-refractivity contribution in [2.75, 3.05) is 36.0 Å². The molecule has 2 heterocycles. The molecule has 7 nitrogen and oxygen atoms in total. The Hall–Kier alpha value is -3.45. The SMILES string of the molecule is O=C(c1ccccc1)c1ccc(N2CCN(c3ccc(Cl)cn3)CC2)c([N+](=O)[O-])c1. The van der Waals surface area contributed by atoms with Gasteiger partial charge in [-0.1, -0.05) is 41.9 Å². The van der Waals surface area contributed by atoms with Crippen LogP contribution in [0.25, 0.3) is 0 Å².